The second-order valence-corrected chi connectivity index (χ2v) is 6.18. The summed E-state index contributed by atoms with van der Waals surface area (Å²) in [5, 5.41) is 17.1. The van der Waals surface area contributed by atoms with Crippen molar-refractivity contribution < 1.29 is 5.11 Å². The maximum atomic E-state index is 10.2. The molecule has 1 aromatic carbocycles. The Bertz CT molecular complexity index is 528. The fourth-order valence-corrected chi connectivity index (χ4v) is 2.82. The van der Waals surface area contributed by atoms with Crippen molar-refractivity contribution in [1.82, 2.24) is 10.3 Å². The molecular formula is C14H17ClN2OS. The van der Waals surface area contributed by atoms with Gasteiger partial charge < -0.3 is 10.4 Å². The van der Waals surface area contributed by atoms with Crippen molar-refractivity contribution in [1.29, 1.82) is 0 Å². The van der Waals surface area contributed by atoms with Crippen molar-refractivity contribution in [3.8, 4) is 0 Å². The van der Waals surface area contributed by atoms with Gasteiger partial charge in [-0.3, -0.25) is 0 Å². The molecule has 3 nitrogen and oxygen atoms in total. The highest BCUT2D eigenvalue weighted by atomic mass is 35.5. The van der Waals surface area contributed by atoms with Gasteiger partial charge in [-0.1, -0.05) is 29.8 Å². The van der Waals surface area contributed by atoms with E-state index in [9.17, 15) is 5.11 Å². The number of nitrogens with zero attached hydrogens (tertiary/aromatic N) is 1. The standard InChI is InChI=1S/C14H17ClN2OS/c1-14(2,13-16-7-8-19-13)17-9-12(18)10-5-3-4-6-11(10)15/h3-8,12,17-18H,9H2,1-2H3. The maximum absolute atomic E-state index is 10.2. The first kappa shape index (κ1) is 14.5. The minimum atomic E-state index is -0.632. The summed E-state index contributed by atoms with van der Waals surface area (Å²) in [6.45, 7) is 4.52. The van der Waals surface area contributed by atoms with Gasteiger partial charge in [0.25, 0.3) is 0 Å². The largest absolute Gasteiger partial charge is 0.387 e. The van der Waals surface area contributed by atoms with Crippen LogP contribution < -0.4 is 5.32 Å². The molecule has 102 valence electrons. The van der Waals surface area contributed by atoms with E-state index >= 15 is 0 Å². The highest BCUT2D eigenvalue weighted by Crippen LogP contribution is 2.25. The van der Waals surface area contributed by atoms with E-state index in [4.69, 9.17) is 11.6 Å². The van der Waals surface area contributed by atoms with Gasteiger partial charge in [-0.15, -0.1) is 11.3 Å². The van der Waals surface area contributed by atoms with Crippen LogP contribution in [-0.2, 0) is 5.54 Å². The molecule has 0 bridgehead atoms. The molecule has 5 heteroatoms. The van der Waals surface area contributed by atoms with Crippen LogP contribution >= 0.6 is 22.9 Å². The number of halogens is 1. The molecule has 0 aliphatic rings. The van der Waals surface area contributed by atoms with E-state index in [1.807, 2.05) is 37.4 Å². The molecule has 1 aromatic heterocycles. The number of benzene rings is 1. The van der Waals surface area contributed by atoms with Gasteiger partial charge in [-0.25, -0.2) is 4.98 Å². The third-order valence-electron chi connectivity index (χ3n) is 2.97. The third-order valence-corrected chi connectivity index (χ3v) is 4.41. The van der Waals surface area contributed by atoms with Gasteiger partial charge in [-0.05, 0) is 19.9 Å². The normalized spacial score (nSPS) is 13.5. The molecule has 0 saturated carbocycles. The number of rotatable bonds is 5. The minimum absolute atomic E-state index is 0.267. The number of hydrogen-bond donors (Lipinski definition) is 2. The van der Waals surface area contributed by atoms with Crippen LogP contribution in [0.3, 0.4) is 0 Å². The lowest BCUT2D eigenvalue weighted by molar-refractivity contribution is 0.161. The first-order valence-corrected chi connectivity index (χ1v) is 7.34. The van der Waals surface area contributed by atoms with Crippen LogP contribution in [0.25, 0.3) is 0 Å². The molecule has 19 heavy (non-hydrogen) atoms. The van der Waals surface area contributed by atoms with Crippen molar-refractivity contribution in [2.75, 3.05) is 6.54 Å². The molecule has 1 heterocycles. The van der Waals surface area contributed by atoms with Gasteiger partial charge in [0.05, 0.1) is 11.6 Å². The van der Waals surface area contributed by atoms with Gasteiger partial charge in [0, 0.05) is 28.7 Å². The van der Waals surface area contributed by atoms with E-state index in [0.29, 0.717) is 11.6 Å². The molecule has 2 rings (SSSR count). The van der Waals surface area contributed by atoms with Gasteiger partial charge in [0.2, 0.25) is 0 Å². The predicted molar refractivity (Wildman–Crippen MR) is 79.6 cm³/mol. The summed E-state index contributed by atoms with van der Waals surface area (Å²) in [6, 6.07) is 7.35. The Morgan fingerprint density at radius 3 is 2.79 bits per heavy atom. The van der Waals surface area contributed by atoms with E-state index in [1.165, 1.54) is 0 Å². The molecular weight excluding hydrogens is 280 g/mol. The van der Waals surface area contributed by atoms with Crippen LogP contribution in [0.1, 0.15) is 30.5 Å². The summed E-state index contributed by atoms with van der Waals surface area (Å²) in [5.41, 5.74) is 0.475. The SMILES string of the molecule is CC(C)(NCC(O)c1ccccc1Cl)c1nccs1. The second kappa shape index (κ2) is 6.01. The molecule has 0 aliphatic carbocycles. The van der Waals surface area contributed by atoms with Crippen LogP contribution in [0.4, 0.5) is 0 Å². The maximum Gasteiger partial charge on any atom is 0.112 e. The Hall–Kier alpha value is -0.940. The summed E-state index contributed by atoms with van der Waals surface area (Å²) in [4.78, 5) is 4.30. The topological polar surface area (TPSA) is 45.1 Å². The molecule has 1 atom stereocenters. The first-order chi connectivity index (χ1) is 9.00. The zero-order valence-corrected chi connectivity index (χ0v) is 12.5. The smallest absolute Gasteiger partial charge is 0.112 e. The van der Waals surface area contributed by atoms with E-state index < -0.39 is 6.10 Å². The van der Waals surface area contributed by atoms with Crippen molar-refractivity contribution in [2.45, 2.75) is 25.5 Å². The number of thiazole rings is 1. The van der Waals surface area contributed by atoms with E-state index in [-0.39, 0.29) is 5.54 Å². The molecule has 1 unspecified atom stereocenters. The molecule has 0 aliphatic heterocycles. The molecule has 0 radical (unpaired) electrons. The molecule has 0 fully saturated rings. The van der Waals surface area contributed by atoms with Crippen LogP contribution in [0, 0.1) is 0 Å². The fourth-order valence-electron chi connectivity index (χ4n) is 1.81. The van der Waals surface area contributed by atoms with Crippen molar-refractivity contribution in [2.24, 2.45) is 0 Å². The third kappa shape index (κ3) is 3.54. The van der Waals surface area contributed by atoms with Crippen LogP contribution in [0.5, 0.6) is 0 Å². The minimum Gasteiger partial charge on any atom is -0.387 e. The van der Waals surface area contributed by atoms with Crippen molar-refractivity contribution in [3.05, 3.63) is 51.4 Å². The Morgan fingerprint density at radius 2 is 2.16 bits per heavy atom. The average Bonchev–Trinajstić information content (AvgIpc) is 2.91. The van der Waals surface area contributed by atoms with Crippen molar-refractivity contribution >= 4 is 22.9 Å². The highest BCUT2D eigenvalue weighted by molar-refractivity contribution is 7.09. The monoisotopic (exact) mass is 296 g/mol. The summed E-state index contributed by atoms with van der Waals surface area (Å²) in [7, 11) is 0. The molecule has 2 N–H and O–H groups in total. The lowest BCUT2D eigenvalue weighted by Crippen LogP contribution is -2.39. The van der Waals surface area contributed by atoms with E-state index in [2.05, 4.69) is 10.3 Å². The Labute approximate surface area is 122 Å². The lowest BCUT2D eigenvalue weighted by Gasteiger charge is -2.26. The Kier molecular flexibility index (Phi) is 4.58. The van der Waals surface area contributed by atoms with Crippen LogP contribution in [0.15, 0.2) is 35.8 Å². The van der Waals surface area contributed by atoms with Crippen molar-refractivity contribution in [3.63, 3.8) is 0 Å². The van der Waals surface area contributed by atoms with E-state index in [0.717, 1.165) is 10.6 Å². The second-order valence-electron chi connectivity index (χ2n) is 4.88. The Balaban J connectivity index is 2.01. The van der Waals surface area contributed by atoms with Gasteiger partial charge in [0.15, 0.2) is 0 Å². The fraction of sp³-hybridized carbons (Fsp3) is 0.357. The predicted octanol–water partition coefficient (Wildman–Crippen LogP) is 3.35. The summed E-state index contributed by atoms with van der Waals surface area (Å²) in [5.74, 6) is 0. The zero-order chi connectivity index (χ0) is 13.9. The van der Waals surface area contributed by atoms with Gasteiger partial charge in [-0.2, -0.15) is 0 Å². The number of aliphatic hydroxyl groups excluding tert-OH is 1. The zero-order valence-electron chi connectivity index (χ0n) is 10.9. The lowest BCUT2D eigenvalue weighted by atomic mass is 10.0. The Morgan fingerprint density at radius 1 is 1.42 bits per heavy atom. The number of hydrogen-bond acceptors (Lipinski definition) is 4. The van der Waals surface area contributed by atoms with E-state index in [1.54, 1.807) is 23.6 Å². The summed E-state index contributed by atoms with van der Waals surface area (Å²) in [6.07, 6.45) is 1.15. The quantitative estimate of drug-likeness (QED) is 0.889. The van der Waals surface area contributed by atoms with Gasteiger partial charge >= 0.3 is 0 Å². The van der Waals surface area contributed by atoms with Crippen LogP contribution in [-0.4, -0.2) is 16.6 Å². The average molecular weight is 297 g/mol. The van der Waals surface area contributed by atoms with Gasteiger partial charge in [0.1, 0.15) is 5.01 Å². The number of nitrogens with one attached hydrogen (secondary N) is 1. The summed E-state index contributed by atoms with van der Waals surface area (Å²) >= 11 is 7.67. The highest BCUT2D eigenvalue weighted by Gasteiger charge is 2.24. The molecule has 0 spiro atoms. The van der Waals surface area contributed by atoms with Crippen LogP contribution in [0.2, 0.25) is 5.02 Å². The molecule has 2 aromatic rings. The molecule has 0 saturated heterocycles. The number of aliphatic hydroxyl groups is 1. The molecule has 0 amide bonds. The number of aromatic nitrogens is 1. The first-order valence-electron chi connectivity index (χ1n) is 6.08. The summed E-state index contributed by atoms with van der Waals surface area (Å²) < 4.78 is 0.